The van der Waals surface area contributed by atoms with Crippen LogP contribution in [-0.2, 0) is 47.5 Å². The average Bonchev–Trinajstić information content (AvgIpc) is 3.26. The largest absolute Gasteiger partial charge is 0.459 e. The van der Waals surface area contributed by atoms with Gasteiger partial charge in [-0.25, -0.2) is 0 Å². The molecule has 65 heavy (non-hydrogen) atoms. The number of carbonyl (C=O) groups is 1. The fourth-order valence-corrected chi connectivity index (χ4v) is 10.8. The van der Waals surface area contributed by atoms with Crippen molar-refractivity contribution in [3.8, 4) is 0 Å². The monoisotopic (exact) mass is 933 g/mol. The maximum Gasteiger partial charge on any atom is 0.311 e. The minimum atomic E-state index is -1.96. The summed E-state index contributed by atoms with van der Waals surface area (Å²) in [7, 11) is 5.38. The summed E-state index contributed by atoms with van der Waals surface area (Å²) >= 11 is 0. The predicted octanol–water partition coefficient (Wildman–Crippen LogP) is 5.88. The van der Waals surface area contributed by atoms with Crippen molar-refractivity contribution in [1.82, 2.24) is 4.90 Å². The molecule has 3 saturated heterocycles. The summed E-state index contributed by atoms with van der Waals surface area (Å²) in [5.74, 6) is -4.84. The molecule has 3 aliphatic heterocycles. The van der Waals surface area contributed by atoms with Crippen LogP contribution in [0.15, 0.2) is 17.8 Å². The Hall–Kier alpha value is -1.80. The summed E-state index contributed by atoms with van der Waals surface area (Å²) in [6, 6.07) is -0.256. The number of oxime groups is 1. The van der Waals surface area contributed by atoms with E-state index < -0.39 is 108 Å². The number of ether oxygens (including phenoxy) is 8. The summed E-state index contributed by atoms with van der Waals surface area (Å²) in [4.78, 5) is 23.3. The van der Waals surface area contributed by atoms with E-state index in [0.717, 1.165) is 19.3 Å². The van der Waals surface area contributed by atoms with Crippen molar-refractivity contribution < 1.29 is 68.0 Å². The minimum absolute atomic E-state index is 0.0862. The molecule has 0 bridgehead atoms. The van der Waals surface area contributed by atoms with Crippen LogP contribution in [0.3, 0.4) is 0 Å². The minimum Gasteiger partial charge on any atom is -0.459 e. The molecule has 4 fully saturated rings. The van der Waals surface area contributed by atoms with Gasteiger partial charge in [0.1, 0.15) is 23.9 Å². The molecular formula is C49H88N2O14. The number of aliphatic hydroxyl groups excluding tert-OH is 3. The van der Waals surface area contributed by atoms with Crippen molar-refractivity contribution in [2.24, 2.45) is 28.8 Å². The van der Waals surface area contributed by atoms with E-state index in [1.165, 1.54) is 14.0 Å². The van der Waals surface area contributed by atoms with Gasteiger partial charge in [0, 0.05) is 50.2 Å². The Balaban J connectivity index is 2.00. The molecule has 0 spiro atoms. The Morgan fingerprint density at radius 3 is 2.22 bits per heavy atom. The van der Waals surface area contributed by atoms with Crippen LogP contribution in [0.5, 0.6) is 0 Å². The van der Waals surface area contributed by atoms with Crippen molar-refractivity contribution in [2.75, 3.05) is 27.8 Å². The molecule has 0 amide bonds. The van der Waals surface area contributed by atoms with Crippen molar-refractivity contribution in [3.05, 3.63) is 12.7 Å². The number of hydrogen-bond donors (Lipinski definition) is 4. The summed E-state index contributed by atoms with van der Waals surface area (Å²) in [6.07, 6.45) is -2.64. The van der Waals surface area contributed by atoms with Crippen LogP contribution >= 0.6 is 0 Å². The first-order valence-corrected chi connectivity index (χ1v) is 24.2. The van der Waals surface area contributed by atoms with Crippen molar-refractivity contribution in [1.29, 1.82) is 2.86 Å². The summed E-state index contributed by atoms with van der Waals surface area (Å²) in [5.41, 5.74) is -3.83. The van der Waals surface area contributed by atoms with Gasteiger partial charge in [0.25, 0.3) is 0 Å². The zero-order valence-electron chi connectivity index (χ0n) is 44.3. The van der Waals surface area contributed by atoms with E-state index in [1.54, 1.807) is 33.8 Å². The first kappa shape index (κ1) is 52.6. The zero-order valence-corrected chi connectivity index (χ0v) is 42.3. The Kier molecular flexibility index (Phi) is 18.8. The molecule has 1 saturated carbocycles. The number of esters is 1. The normalized spacial score (nSPS) is 44.8. The first-order valence-electron chi connectivity index (χ1n) is 25.1. The highest BCUT2D eigenvalue weighted by molar-refractivity contribution is 5.88. The van der Waals surface area contributed by atoms with E-state index in [-0.39, 0.29) is 44.1 Å². The van der Waals surface area contributed by atoms with Crippen LogP contribution in [0.4, 0.5) is 0 Å². The molecule has 18 atom stereocenters. The number of methoxy groups -OCH3 is 1. The summed E-state index contributed by atoms with van der Waals surface area (Å²) in [5, 5.41) is 40.1. The second kappa shape index (κ2) is 23.2. The van der Waals surface area contributed by atoms with Gasteiger partial charge < -0.3 is 68.1 Å². The van der Waals surface area contributed by atoms with E-state index in [4.69, 9.17) is 61.0 Å². The van der Waals surface area contributed by atoms with Crippen LogP contribution in [0.2, 0.25) is 0 Å². The Morgan fingerprint density at radius 2 is 1.65 bits per heavy atom. The van der Waals surface area contributed by atoms with Gasteiger partial charge in [0.15, 0.2) is 12.6 Å². The number of nitrogens with zero attached hydrogens (tertiary/aromatic N) is 2. The van der Waals surface area contributed by atoms with Gasteiger partial charge in [-0.1, -0.05) is 45.3 Å². The molecule has 0 aromatic carbocycles. The highest BCUT2D eigenvalue weighted by Gasteiger charge is 2.54. The summed E-state index contributed by atoms with van der Waals surface area (Å²) < 4.78 is 68.9. The molecule has 16 heteroatoms. The fraction of sp³-hybridized carbons (Fsp3) is 0.918. The van der Waals surface area contributed by atoms with Gasteiger partial charge in [-0.15, -0.1) is 6.58 Å². The lowest BCUT2D eigenvalue weighted by molar-refractivity contribution is -0.320. The third-order valence-electron chi connectivity index (χ3n) is 14.7. The lowest BCUT2D eigenvalue weighted by atomic mass is 9.73. The van der Waals surface area contributed by atoms with E-state index >= 15 is 0 Å². The quantitative estimate of drug-likeness (QED) is 0.0619. The number of aliphatic hydroxyl groups is 4. The van der Waals surface area contributed by atoms with Gasteiger partial charge in [-0.2, -0.15) is 0 Å². The average molecular weight is 933 g/mol. The third kappa shape index (κ3) is 13.1. The fourth-order valence-electron chi connectivity index (χ4n) is 10.8. The lowest BCUT2D eigenvalue weighted by Crippen LogP contribution is -2.61. The Bertz CT molecular complexity index is 1590. The van der Waals surface area contributed by atoms with E-state index in [1.807, 2.05) is 67.5 Å². The van der Waals surface area contributed by atoms with Crippen LogP contribution in [0.25, 0.3) is 0 Å². The topological polar surface area (TPSA) is 197 Å². The third-order valence-corrected chi connectivity index (χ3v) is 14.7. The molecule has 1 unspecified atom stereocenters. The Morgan fingerprint density at radius 1 is 0.969 bits per heavy atom. The van der Waals surface area contributed by atoms with E-state index in [2.05, 4.69) is 6.58 Å². The molecule has 4 aliphatic rings. The van der Waals surface area contributed by atoms with Crippen LogP contribution in [0.1, 0.15) is 141 Å². The molecule has 4 rings (SSSR count). The molecule has 378 valence electrons. The van der Waals surface area contributed by atoms with Crippen LogP contribution < -0.4 is 0 Å². The standard InChI is InChI=1S/C49H88N2O14/c1-17-24-58-47(12)26-29(5)38(50-65-49(64-28(3)4)22-20-19-21-23-49)31(7)41(53)48(13,56)36(18-2)61-44(55)33(9)40(62-37-27-46(11,57-16)42(54)34(10)60-37)32(8)43(47)63-45-39(52)35(51(14)15)25-30(6)59-45/h17,28-37,39-43,45,52-54,56H,1,18-27H2,2-16H3/b50-38+/t29-,30-,31+,32+,33-,34+,35+,36-,37?,39-,40+,41-,42+,43-,45+,46-,47+,48-/m1/s1/i52T,54T. The molecule has 1 aliphatic carbocycles. The van der Waals surface area contributed by atoms with Crippen molar-refractivity contribution >= 4 is 11.7 Å². The van der Waals surface area contributed by atoms with Gasteiger partial charge in [-0.3, -0.25) is 4.79 Å². The SMILES string of the molecule is [3H]O[C@H]1[C@H](O[C@@H]2[C@@H](C)[C@H](OC3C[C@@](C)(OC)[C@@H](O[3H])[C@H](C)O3)[C@@H](C)C(=O)O[C@H](CC)[C@@](C)(O)[C@H](O)[C@@H](C)/C(=N/OC3(OC(C)C)CCCCC3)[C@H](C)C[C@]2(C)OCC=C)O[C@H](C)C[C@@H]1N(C)C. The maximum absolute atomic E-state index is 14.8. The zero-order chi connectivity index (χ0) is 50.2. The molecule has 0 radical (unpaired) electrons. The molecule has 3 heterocycles. The Labute approximate surface area is 392 Å². The number of hydrogen-bond acceptors (Lipinski definition) is 16. The van der Waals surface area contributed by atoms with Crippen molar-refractivity contribution in [3.63, 3.8) is 0 Å². The molecular weight excluding hydrogens is 841 g/mol. The number of carbonyl (C=O) groups excluding carboxylic acids is 1. The van der Waals surface area contributed by atoms with Gasteiger partial charge in [0.05, 0.1) is 66.1 Å². The number of likely N-dealkylation sites (N-methyl/N-ethyl adjacent to an activating group) is 1. The predicted molar refractivity (Wildman–Crippen MR) is 246 cm³/mol. The van der Waals surface area contributed by atoms with Crippen LogP contribution in [0, 0.1) is 23.7 Å². The van der Waals surface area contributed by atoms with Crippen LogP contribution in [-0.4, -0.2) is 164 Å². The maximum atomic E-state index is 14.8. The smallest absolute Gasteiger partial charge is 0.311 e. The second-order valence-electron chi connectivity index (χ2n) is 20.8. The van der Waals surface area contributed by atoms with E-state index in [0.29, 0.717) is 25.0 Å². The lowest BCUT2D eigenvalue weighted by Gasteiger charge is -2.50. The van der Waals surface area contributed by atoms with E-state index in [9.17, 15) is 15.0 Å². The molecule has 16 nitrogen and oxygen atoms in total. The number of cyclic esters (lactones) is 1. The van der Waals surface area contributed by atoms with Gasteiger partial charge >= 0.3 is 5.97 Å². The number of rotatable bonds is 16. The highest BCUT2D eigenvalue weighted by atomic mass is 16.8. The van der Waals surface area contributed by atoms with Crippen molar-refractivity contribution in [2.45, 2.75) is 237 Å². The van der Waals surface area contributed by atoms with Gasteiger partial charge in [-0.05, 0) is 102 Å². The molecule has 4 N–H and O–H groups in total. The first-order chi connectivity index (χ1) is 31.4. The summed E-state index contributed by atoms with van der Waals surface area (Å²) in [6.45, 7) is 26.0. The van der Waals surface area contributed by atoms with Gasteiger partial charge in [0.2, 0.25) is 8.65 Å². The highest BCUT2D eigenvalue weighted by Crippen LogP contribution is 2.43. The molecule has 0 aromatic heterocycles. The second-order valence-corrected chi connectivity index (χ2v) is 20.8. The molecule has 0 aromatic rings.